The Morgan fingerprint density at radius 3 is 1.71 bits per heavy atom. The minimum atomic E-state index is -1.34. The van der Waals surface area contributed by atoms with Crippen LogP contribution in [0.5, 0.6) is 0 Å². The van der Waals surface area contributed by atoms with Crippen molar-refractivity contribution < 1.29 is 48.1 Å². The third-order valence-corrected chi connectivity index (χ3v) is 3.94. The van der Waals surface area contributed by atoms with Crippen molar-refractivity contribution in [2.24, 2.45) is 0 Å². The number of aliphatic carboxylic acids is 1. The Bertz CT molecular complexity index is 869. The van der Waals surface area contributed by atoms with E-state index in [0.29, 0.717) is 0 Å². The molecule has 0 saturated carbocycles. The standard InChI is InChI=1S/C24H42N4O10/c1-22(2,3)36-17(31)13-25-18(32)14(10-11-16(29)30)27-20(34)26-12-15(19(33)37-23(4,5)6)28-21(35)38-24(7,8)9/h14-15H,10-13H2,1-9H3,(H,25,32)(H,28,35)(H,29,30)(H2,26,27,34)/t14-,15-/m0/s1. The molecule has 14 nitrogen and oxygen atoms in total. The molecule has 0 heterocycles. The lowest BCUT2D eigenvalue weighted by Crippen LogP contribution is -2.55. The Morgan fingerprint density at radius 2 is 1.24 bits per heavy atom. The number of rotatable bonds is 11. The number of carboxylic acid groups (broad SMARTS) is 1. The fourth-order valence-electron chi connectivity index (χ4n) is 2.62. The maximum Gasteiger partial charge on any atom is 0.408 e. The second-order valence-electron chi connectivity index (χ2n) is 11.4. The molecule has 218 valence electrons. The first-order valence-electron chi connectivity index (χ1n) is 12.1. The molecule has 0 fully saturated rings. The van der Waals surface area contributed by atoms with Crippen LogP contribution in [0.4, 0.5) is 9.59 Å². The summed E-state index contributed by atoms with van der Waals surface area (Å²) in [4.78, 5) is 72.7. The van der Waals surface area contributed by atoms with Crippen LogP contribution in [0.15, 0.2) is 0 Å². The molecule has 14 heteroatoms. The lowest BCUT2D eigenvalue weighted by Gasteiger charge is -2.26. The van der Waals surface area contributed by atoms with Crippen LogP contribution in [0.1, 0.15) is 75.2 Å². The molecule has 2 atom stereocenters. The lowest BCUT2D eigenvalue weighted by atomic mass is 10.1. The topological polar surface area (TPSA) is 198 Å². The van der Waals surface area contributed by atoms with Gasteiger partial charge < -0.3 is 40.6 Å². The normalized spacial score (nSPS) is 13.3. The van der Waals surface area contributed by atoms with Crippen LogP contribution < -0.4 is 21.3 Å². The second-order valence-corrected chi connectivity index (χ2v) is 11.4. The molecule has 0 aromatic carbocycles. The SMILES string of the molecule is CC(C)(C)OC(=O)CNC(=O)[C@H](CCC(=O)O)NC(=O)NC[C@H](NC(=O)OC(C)(C)C)C(=O)OC(C)(C)C. The minimum Gasteiger partial charge on any atom is -0.481 e. The monoisotopic (exact) mass is 546 g/mol. The molecule has 0 aliphatic rings. The minimum absolute atomic E-state index is 0.283. The lowest BCUT2D eigenvalue weighted by molar-refractivity contribution is -0.157. The fraction of sp³-hybridized carbons (Fsp3) is 0.750. The number of urea groups is 1. The summed E-state index contributed by atoms with van der Waals surface area (Å²) in [5, 5.41) is 18.3. The molecule has 0 aliphatic heterocycles. The van der Waals surface area contributed by atoms with Crippen LogP contribution in [0.2, 0.25) is 0 Å². The van der Waals surface area contributed by atoms with E-state index in [0.717, 1.165) is 0 Å². The first-order valence-corrected chi connectivity index (χ1v) is 12.1. The van der Waals surface area contributed by atoms with E-state index < -0.39 is 84.3 Å². The van der Waals surface area contributed by atoms with Gasteiger partial charge in [0.15, 0.2) is 0 Å². The number of carbonyl (C=O) groups is 6. The Kier molecular flexibility index (Phi) is 13.0. The van der Waals surface area contributed by atoms with E-state index in [1.54, 1.807) is 62.3 Å². The number of hydrogen-bond donors (Lipinski definition) is 5. The predicted molar refractivity (Wildman–Crippen MR) is 135 cm³/mol. The molecule has 5 N–H and O–H groups in total. The van der Waals surface area contributed by atoms with Crippen molar-refractivity contribution in [1.82, 2.24) is 21.3 Å². The van der Waals surface area contributed by atoms with Gasteiger partial charge in [-0.25, -0.2) is 14.4 Å². The predicted octanol–water partition coefficient (Wildman–Crippen LogP) is 1.21. The molecule has 0 aliphatic carbocycles. The summed E-state index contributed by atoms with van der Waals surface area (Å²) in [5.41, 5.74) is -2.51. The maximum absolute atomic E-state index is 12.6. The van der Waals surface area contributed by atoms with E-state index in [1.165, 1.54) is 0 Å². The Morgan fingerprint density at radius 1 is 0.711 bits per heavy atom. The summed E-state index contributed by atoms with van der Waals surface area (Å²) in [6.45, 7) is 13.8. The quantitative estimate of drug-likeness (QED) is 0.185. The van der Waals surface area contributed by atoms with Gasteiger partial charge in [-0.15, -0.1) is 0 Å². The summed E-state index contributed by atoms with van der Waals surface area (Å²) in [5.74, 6) is -3.59. The zero-order valence-corrected chi connectivity index (χ0v) is 23.6. The van der Waals surface area contributed by atoms with Crippen molar-refractivity contribution in [2.45, 2.75) is 104 Å². The molecule has 0 unspecified atom stereocenters. The first-order chi connectivity index (χ1) is 17.1. The van der Waals surface area contributed by atoms with Gasteiger partial charge in [-0.1, -0.05) is 0 Å². The zero-order chi connectivity index (χ0) is 29.9. The van der Waals surface area contributed by atoms with Gasteiger partial charge in [0, 0.05) is 6.42 Å². The van der Waals surface area contributed by atoms with Crippen LogP contribution in [0, 0.1) is 0 Å². The number of ether oxygens (including phenoxy) is 3. The van der Waals surface area contributed by atoms with Crippen molar-refractivity contribution in [3.05, 3.63) is 0 Å². The largest absolute Gasteiger partial charge is 0.481 e. The molecule has 0 aromatic rings. The van der Waals surface area contributed by atoms with E-state index in [-0.39, 0.29) is 6.42 Å². The molecule has 0 bridgehead atoms. The third-order valence-electron chi connectivity index (χ3n) is 3.94. The van der Waals surface area contributed by atoms with Crippen LogP contribution in [-0.4, -0.2) is 83.0 Å². The van der Waals surface area contributed by atoms with Crippen LogP contribution in [0.25, 0.3) is 0 Å². The number of hydrogen-bond acceptors (Lipinski definition) is 9. The second kappa shape index (κ2) is 14.4. The van der Waals surface area contributed by atoms with Gasteiger partial charge in [-0.2, -0.15) is 0 Å². The molecular formula is C24H42N4O10. The Labute approximate surface area is 222 Å². The zero-order valence-electron chi connectivity index (χ0n) is 23.6. The molecule has 0 rings (SSSR count). The summed E-state index contributed by atoms with van der Waals surface area (Å²) >= 11 is 0. The highest BCUT2D eigenvalue weighted by molar-refractivity contribution is 5.90. The summed E-state index contributed by atoms with van der Waals surface area (Å²) in [7, 11) is 0. The van der Waals surface area contributed by atoms with Crippen molar-refractivity contribution >= 4 is 35.9 Å². The number of esters is 2. The molecule has 4 amide bonds. The van der Waals surface area contributed by atoms with Crippen LogP contribution in [0.3, 0.4) is 0 Å². The van der Waals surface area contributed by atoms with Gasteiger partial charge in [0.2, 0.25) is 5.91 Å². The van der Waals surface area contributed by atoms with E-state index in [2.05, 4.69) is 21.3 Å². The van der Waals surface area contributed by atoms with Gasteiger partial charge in [0.25, 0.3) is 0 Å². The first kappa shape index (κ1) is 34.4. The van der Waals surface area contributed by atoms with Gasteiger partial charge >= 0.3 is 30.0 Å². The highest BCUT2D eigenvalue weighted by atomic mass is 16.6. The van der Waals surface area contributed by atoms with E-state index in [1.807, 2.05) is 0 Å². The summed E-state index contributed by atoms with van der Waals surface area (Å²) in [6.07, 6.45) is -1.66. The number of carboxylic acids is 1. The number of amides is 4. The summed E-state index contributed by atoms with van der Waals surface area (Å²) in [6, 6.07) is -3.60. The molecule has 0 radical (unpaired) electrons. The maximum atomic E-state index is 12.6. The number of alkyl carbamates (subject to hydrolysis) is 1. The smallest absolute Gasteiger partial charge is 0.408 e. The van der Waals surface area contributed by atoms with Crippen molar-refractivity contribution in [2.75, 3.05) is 13.1 Å². The van der Waals surface area contributed by atoms with E-state index >= 15 is 0 Å². The number of nitrogens with one attached hydrogen (secondary N) is 4. The highest BCUT2D eigenvalue weighted by Gasteiger charge is 2.30. The van der Waals surface area contributed by atoms with Gasteiger partial charge in [-0.3, -0.25) is 14.4 Å². The number of carbonyl (C=O) groups excluding carboxylic acids is 5. The molecule has 38 heavy (non-hydrogen) atoms. The van der Waals surface area contributed by atoms with E-state index in [9.17, 15) is 28.8 Å². The molecule has 0 spiro atoms. The van der Waals surface area contributed by atoms with Crippen molar-refractivity contribution in [3.8, 4) is 0 Å². The third kappa shape index (κ3) is 17.8. The summed E-state index contributed by atoms with van der Waals surface area (Å²) < 4.78 is 15.5. The van der Waals surface area contributed by atoms with Crippen LogP contribution >= 0.6 is 0 Å². The average Bonchev–Trinajstić information content (AvgIpc) is 2.68. The average molecular weight is 547 g/mol. The van der Waals surface area contributed by atoms with E-state index in [4.69, 9.17) is 19.3 Å². The molecule has 0 aromatic heterocycles. The van der Waals surface area contributed by atoms with Gasteiger partial charge in [0.1, 0.15) is 35.4 Å². The van der Waals surface area contributed by atoms with Crippen LogP contribution in [-0.2, 0) is 33.4 Å². The van der Waals surface area contributed by atoms with Crippen molar-refractivity contribution in [3.63, 3.8) is 0 Å². The fourth-order valence-corrected chi connectivity index (χ4v) is 2.62. The van der Waals surface area contributed by atoms with Crippen molar-refractivity contribution in [1.29, 1.82) is 0 Å². The highest BCUT2D eigenvalue weighted by Crippen LogP contribution is 2.10. The Balaban J connectivity index is 5.32. The molecular weight excluding hydrogens is 504 g/mol. The molecule has 0 saturated heterocycles. The van der Waals surface area contributed by atoms with Gasteiger partial charge in [0.05, 0.1) is 6.54 Å². The Hall–Kier alpha value is -3.58. The van der Waals surface area contributed by atoms with Gasteiger partial charge in [-0.05, 0) is 68.7 Å².